The van der Waals surface area contributed by atoms with Crippen molar-refractivity contribution in [2.24, 2.45) is 0 Å². The average Bonchev–Trinajstić information content (AvgIpc) is 2.30. The Bertz CT molecular complexity index is 463. The van der Waals surface area contributed by atoms with Crippen LogP contribution < -0.4 is 0 Å². The summed E-state index contributed by atoms with van der Waals surface area (Å²) < 4.78 is -0.179. The van der Waals surface area contributed by atoms with E-state index < -0.39 is 9.51 Å². The highest BCUT2D eigenvalue weighted by Gasteiger charge is 2.42. The van der Waals surface area contributed by atoms with Crippen molar-refractivity contribution in [3.05, 3.63) is 29.8 Å². The summed E-state index contributed by atoms with van der Waals surface area (Å²) in [5.74, 6) is -1.29. The summed E-state index contributed by atoms with van der Waals surface area (Å²) in [6, 6.07) is 6.24. The van der Waals surface area contributed by atoms with Gasteiger partial charge in [0.25, 0.3) is 0 Å². The van der Waals surface area contributed by atoms with Gasteiger partial charge in [-0.05, 0) is 40.3 Å². The summed E-state index contributed by atoms with van der Waals surface area (Å²) in [4.78, 5) is 22.7. The number of carboxylic acids is 1. The van der Waals surface area contributed by atoms with Gasteiger partial charge in [-0.15, -0.1) is 0 Å². The Labute approximate surface area is 132 Å². The normalized spacial score (nSPS) is 13.7. The summed E-state index contributed by atoms with van der Waals surface area (Å²) in [7, 11) is 0. The third-order valence-corrected chi connectivity index (χ3v) is 6.04. The van der Waals surface area contributed by atoms with E-state index in [-0.39, 0.29) is 18.1 Å². The van der Waals surface area contributed by atoms with Crippen LogP contribution in [0.5, 0.6) is 5.75 Å². The Kier molecular flexibility index (Phi) is 5.20. The molecule has 5 nitrogen and oxygen atoms in total. The third kappa shape index (κ3) is 3.46. The Morgan fingerprint density at radius 1 is 1.33 bits per heavy atom. The van der Waals surface area contributed by atoms with Crippen LogP contribution in [-0.4, -0.2) is 28.7 Å². The van der Waals surface area contributed by atoms with Crippen LogP contribution in [-0.2, 0) is 16.0 Å². The maximum absolute atomic E-state index is 11.4. The molecule has 0 aliphatic heterocycles. The summed E-state index contributed by atoms with van der Waals surface area (Å²) >= 11 is 3.46. The van der Waals surface area contributed by atoms with Gasteiger partial charge in [0.15, 0.2) is 0 Å². The molecule has 7 heteroatoms. The molecule has 1 atom stereocenters. The summed E-state index contributed by atoms with van der Waals surface area (Å²) in [6.07, 6.45) is 0.158. The first-order valence-electron chi connectivity index (χ1n) is 4.94. The van der Waals surface area contributed by atoms with Crippen molar-refractivity contribution >= 4 is 57.3 Å². The minimum Gasteiger partial charge on any atom is -0.508 e. The van der Waals surface area contributed by atoms with Crippen LogP contribution in [0.3, 0.4) is 0 Å². The van der Waals surface area contributed by atoms with E-state index in [1.54, 1.807) is 57.6 Å². The van der Waals surface area contributed by atoms with Gasteiger partial charge in [0.2, 0.25) is 9.45 Å². The Morgan fingerprint density at radius 2 is 1.83 bits per heavy atom. The van der Waals surface area contributed by atoms with Crippen LogP contribution in [0.4, 0.5) is 0 Å². The van der Waals surface area contributed by atoms with Crippen LogP contribution in [0.25, 0.3) is 0 Å². The largest absolute Gasteiger partial charge is 0.508 e. The Morgan fingerprint density at radius 3 is 2.22 bits per heavy atom. The second kappa shape index (κ2) is 6.04. The molecular weight excluding hydrogens is 464 g/mol. The van der Waals surface area contributed by atoms with Gasteiger partial charge < -0.3 is 10.2 Å². The van der Waals surface area contributed by atoms with Gasteiger partial charge >= 0.3 is 5.97 Å². The van der Waals surface area contributed by atoms with E-state index in [1.807, 2.05) is 0 Å². The van der Waals surface area contributed by atoms with Crippen molar-refractivity contribution in [2.45, 2.75) is 16.9 Å². The van der Waals surface area contributed by atoms with Crippen molar-refractivity contribution in [1.29, 1.82) is 0 Å². The first-order chi connectivity index (χ1) is 8.27. The number of alkyl halides is 1. The molecule has 1 rings (SSSR count). The SMILES string of the molecule is CC(=O)N(I)[C@@](I)(Cc1ccc(O)cc1)C(=O)O. The van der Waals surface area contributed by atoms with Gasteiger partial charge in [-0.1, -0.05) is 12.1 Å². The molecule has 0 spiro atoms. The molecule has 18 heavy (non-hydrogen) atoms. The maximum Gasteiger partial charge on any atom is 0.341 e. The van der Waals surface area contributed by atoms with E-state index in [0.29, 0.717) is 0 Å². The van der Waals surface area contributed by atoms with Crippen LogP contribution in [0, 0.1) is 0 Å². The number of nitrogens with zero attached hydrogens (tertiary/aromatic N) is 1. The zero-order chi connectivity index (χ0) is 13.9. The molecule has 1 amide bonds. The molecule has 0 heterocycles. The van der Waals surface area contributed by atoms with E-state index in [2.05, 4.69) is 0 Å². The predicted octanol–water partition coefficient (Wildman–Crippen LogP) is 2.35. The Hall–Kier alpha value is -0.580. The lowest BCUT2D eigenvalue weighted by molar-refractivity contribution is -0.145. The zero-order valence-electron chi connectivity index (χ0n) is 9.43. The van der Waals surface area contributed by atoms with E-state index in [0.717, 1.165) is 5.56 Å². The Balaban J connectivity index is 3.03. The number of benzene rings is 1. The number of carbonyl (C=O) groups excluding carboxylic acids is 1. The molecule has 1 aromatic rings. The monoisotopic (exact) mass is 475 g/mol. The number of carbonyl (C=O) groups is 2. The zero-order valence-corrected chi connectivity index (χ0v) is 13.7. The lowest BCUT2D eigenvalue weighted by atomic mass is 10.1. The molecule has 0 unspecified atom stereocenters. The van der Waals surface area contributed by atoms with Crippen molar-refractivity contribution in [3.63, 3.8) is 0 Å². The topological polar surface area (TPSA) is 77.8 Å². The molecule has 0 aliphatic carbocycles. The molecule has 0 fully saturated rings. The standard InChI is InChI=1S/C11H11I2NO4/c1-7(15)14(13)11(12,10(17)18)6-8-2-4-9(16)5-3-8/h2-5,16H,6H2,1H3,(H,17,18)/t11-/m0/s1. The van der Waals surface area contributed by atoms with Crippen molar-refractivity contribution in [3.8, 4) is 5.75 Å². The number of aliphatic carboxylic acids is 1. The van der Waals surface area contributed by atoms with Gasteiger partial charge in [-0.2, -0.15) is 0 Å². The minimum atomic E-state index is -1.35. The van der Waals surface area contributed by atoms with Gasteiger partial charge in [-0.3, -0.25) is 7.91 Å². The number of rotatable bonds is 4. The fourth-order valence-electron chi connectivity index (χ4n) is 1.36. The van der Waals surface area contributed by atoms with Crippen LogP contribution in [0.2, 0.25) is 0 Å². The van der Waals surface area contributed by atoms with Gasteiger partial charge in [0.05, 0.1) is 22.9 Å². The van der Waals surface area contributed by atoms with Crippen molar-refractivity contribution in [1.82, 2.24) is 3.11 Å². The molecule has 0 radical (unpaired) electrons. The highest BCUT2D eigenvalue weighted by atomic mass is 127. The highest BCUT2D eigenvalue weighted by molar-refractivity contribution is 14.1. The second-order valence-corrected chi connectivity index (χ2v) is 6.46. The predicted molar refractivity (Wildman–Crippen MR) is 82.7 cm³/mol. The number of carboxylic acid groups (broad SMARTS) is 1. The third-order valence-electron chi connectivity index (χ3n) is 2.29. The summed E-state index contributed by atoms with van der Waals surface area (Å²) in [5, 5.41) is 18.5. The van der Waals surface area contributed by atoms with E-state index in [1.165, 1.54) is 22.2 Å². The molecule has 0 aliphatic rings. The fourth-order valence-corrected chi connectivity index (χ4v) is 2.52. The number of phenolic OH excluding ortho intramolecular Hbond substituents is 1. The molecule has 98 valence electrons. The van der Waals surface area contributed by atoms with E-state index in [9.17, 15) is 19.8 Å². The number of aromatic hydroxyl groups is 1. The summed E-state index contributed by atoms with van der Waals surface area (Å²) in [5.41, 5.74) is 0.729. The lowest BCUT2D eigenvalue weighted by Gasteiger charge is -2.30. The molecule has 2 N–H and O–H groups in total. The number of amides is 1. The molecule has 0 saturated heterocycles. The van der Waals surface area contributed by atoms with Crippen LogP contribution >= 0.6 is 45.5 Å². The molecule has 0 saturated carbocycles. The average molecular weight is 475 g/mol. The first-order valence-corrected chi connectivity index (χ1v) is 6.98. The van der Waals surface area contributed by atoms with Gasteiger partial charge in [-0.25, -0.2) is 4.79 Å². The van der Waals surface area contributed by atoms with E-state index >= 15 is 0 Å². The summed E-state index contributed by atoms with van der Waals surface area (Å²) in [6.45, 7) is 1.32. The highest BCUT2D eigenvalue weighted by Crippen LogP contribution is 2.32. The second-order valence-electron chi connectivity index (χ2n) is 3.71. The quantitative estimate of drug-likeness (QED) is 0.304. The van der Waals surface area contributed by atoms with Crippen molar-refractivity contribution < 1.29 is 19.8 Å². The molecule has 0 aromatic heterocycles. The number of halogens is 2. The van der Waals surface area contributed by atoms with E-state index in [4.69, 9.17) is 0 Å². The van der Waals surface area contributed by atoms with Crippen LogP contribution in [0.1, 0.15) is 12.5 Å². The van der Waals surface area contributed by atoms with Gasteiger partial charge in [0, 0.05) is 13.3 Å². The molecule has 1 aromatic carbocycles. The maximum atomic E-state index is 11.4. The van der Waals surface area contributed by atoms with Gasteiger partial charge in [0.1, 0.15) is 5.75 Å². The lowest BCUT2D eigenvalue weighted by Crippen LogP contribution is -2.48. The van der Waals surface area contributed by atoms with Crippen LogP contribution in [0.15, 0.2) is 24.3 Å². The molecule has 0 bridgehead atoms. The fraction of sp³-hybridized carbons (Fsp3) is 0.273. The molecular formula is C11H11I2NO4. The first kappa shape index (κ1) is 15.5. The number of hydrogen-bond acceptors (Lipinski definition) is 3. The number of hydrogen-bond donors (Lipinski definition) is 2. The van der Waals surface area contributed by atoms with Crippen molar-refractivity contribution in [2.75, 3.05) is 0 Å². The number of phenols is 1. The minimum absolute atomic E-state index is 0.117. The smallest absolute Gasteiger partial charge is 0.341 e.